The zero-order valence-electron chi connectivity index (χ0n) is 15.2. The first-order chi connectivity index (χ1) is 12.9. The van der Waals surface area contributed by atoms with Crippen molar-refractivity contribution in [1.82, 2.24) is 10.3 Å². The van der Waals surface area contributed by atoms with Gasteiger partial charge in [-0.3, -0.25) is 10.1 Å². The number of anilines is 1. The molecule has 5 nitrogen and oxygen atoms in total. The second-order valence-corrected chi connectivity index (χ2v) is 7.32. The summed E-state index contributed by atoms with van der Waals surface area (Å²) in [5.41, 5.74) is 4.44. The number of hydrogen-bond acceptors (Lipinski definition) is 5. The Bertz CT molecular complexity index is 961. The summed E-state index contributed by atoms with van der Waals surface area (Å²) in [7, 11) is 1.63. The lowest BCUT2D eigenvalue weighted by Gasteiger charge is -2.08. The summed E-state index contributed by atoms with van der Waals surface area (Å²) in [6.07, 6.45) is 0. The number of amides is 1. The number of nitrogens with zero attached hydrogens (tertiary/aromatic N) is 1. The molecule has 0 saturated carbocycles. The number of nitrogens with one attached hydrogen (secondary N) is 2. The summed E-state index contributed by atoms with van der Waals surface area (Å²) < 4.78 is 5.16. The van der Waals surface area contributed by atoms with Crippen LogP contribution in [-0.4, -0.2) is 23.1 Å². The average molecular weight is 398 g/mol. The summed E-state index contributed by atoms with van der Waals surface area (Å²) in [4.78, 5) is 16.9. The van der Waals surface area contributed by atoms with Crippen LogP contribution < -0.4 is 15.4 Å². The summed E-state index contributed by atoms with van der Waals surface area (Å²) >= 11 is 6.66. The normalized spacial score (nSPS) is 10.3. The third kappa shape index (κ3) is 4.90. The molecule has 0 spiro atoms. The summed E-state index contributed by atoms with van der Waals surface area (Å²) in [6.45, 7) is 3.91. The molecule has 1 aromatic heterocycles. The topological polar surface area (TPSA) is 63.2 Å². The molecule has 3 rings (SSSR count). The Balaban J connectivity index is 1.64. The van der Waals surface area contributed by atoms with Gasteiger partial charge in [0.1, 0.15) is 5.75 Å². The van der Waals surface area contributed by atoms with Crippen LogP contribution in [0.1, 0.15) is 21.5 Å². The van der Waals surface area contributed by atoms with E-state index in [9.17, 15) is 4.79 Å². The van der Waals surface area contributed by atoms with E-state index in [1.165, 1.54) is 11.3 Å². The van der Waals surface area contributed by atoms with Gasteiger partial charge in [-0.1, -0.05) is 17.2 Å². The third-order valence-corrected chi connectivity index (χ3v) is 4.78. The maximum atomic E-state index is 12.4. The van der Waals surface area contributed by atoms with Gasteiger partial charge in [-0.15, -0.1) is 11.3 Å². The first kappa shape index (κ1) is 19.0. The number of benzene rings is 2. The summed E-state index contributed by atoms with van der Waals surface area (Å²) in [5.74, 6) is 0.550. The van der Waals surface area contributed by atoms with Crippen molar-refractivity contribution in [3.05, 3.63) is 64.5 Å². The van der Waals surface area contributed by atoms with Gasteiger partial charge in [-0.2, -0.15) is 0 Å². The molecule has 1 heterocycles. The van der Waals surface area contributed by atoms with Crippen LogP contribution in [0.3, 0.4) is 0 Å². The Morgan fingerprint density at radius 2 is 1.78 bits per heavy atom. The monoisotopic (exact) mass is 397 g/mol. The largest absolute Gasteiger partial charge is 0.497 e. The van der Waals surface area contributed by atoms with E-state index in [0.29, 0.717) is 10.7 Å². The second-order valence-electron chi connectivity index (χ2n) is 6.05. The molecule has 27 heavy (non-hydrogen) atoms. The number of thiocarbonyl (C=S) groups is 1. The molecule has 2 N–H and O–H groups in total. The fourth-order valence-corrected chi connectivity index (χ4v) is 3.61. The minimum atomic E-state index is -0.244. The highest BCUT2D eigenvalue weighted by Gasteiger charge is 2.11. The van der Waals surface area contributed by atoms with E-state index < -0.39 is 0 Å². The SMILES string of the molecule is COc1ccc(-c2csc(NC(=S)NC(=O)c3cc(C)cc(C)c3)n2)cc1. The number of aryl methyl sites for hydroxylation is 2. The van der Waals surface area contributed by atoms with E-state index in [-0.39, 0.29) is 11.0 Å². The predicted molar refractivity (Wildman–Crippen MR) is 114 cm³/mol. The van der Waals surface area contributed by atoms with Crippen LogP contribution in [0.2, 0.25) is 0 Å². The molecular weight excluding hydrogens is 378 g/mol. The Kier molecular flexibility index (Phi) is 5.83. The van der Waals surface area contributed by atoms with Crippen LogP contribution in [0.25, 0.3) is 11.3 Å². The summed E-state index contributed by atoms with van der Waals surface area (Å²) in [5, 5.41) is 8.43. The molecular formula is C20H19N3O2S2. The van der Waals surface area contributed by atoms with Crippen molar-refractivity contribution in [1.29, 1.82) is 0 Å². The molecule has 0 atom stereocenters. The van der Waals surface area contributed by atoms with Crippen molar-refractivity contribution < 1.29 is 9.53 Å². The highest BCUT2D eigenvalue weighted by molar-refractivity contribution is 7.80. The van der Waals surface area contributed by atoms with Crippen LogP contribution in [0.5, 0.6) is 5.75 Å². The number of thiazole rings is 1. The average Bonchev–Trinajstić information content (AvgIpc) is 3.09. The zero-order valence-corrected chi connectivity index (χ0v) is 16.8. The van der Waals surface area contributed by atoms with Crippen LogP contribution >= 0.6 is 23.6 Å². The maximum absolute atomic E-state index is 12.4. The van der Waals surface area contributed by atoms with Crippen molar-refractivity contribution >= 4 is 39.7 Å². The molecule has 3 aromatic rings. The number of carbonyl (C=O) groups is 1. The van der Waals surface area contributed by atoms with Crippen molar-refractivity contribution in [3.8, 4) is 17.0 Å². The van der Waals surface area contributed by atoms with E-state index in [4.69, 9.17) is 17.0 Å². The molecule has 1 amide bonds. The standard InChI is InChI=1S/C20H19N3O2S2/c1-12-8-13(2)10-15(9-12)18(24)22-19(26)23-20-21-17(11-27-20)14-4-6-16(25-3)7-5-14/h4-11H,1-3H3,(H2,21,22,23,24,26). The molecule has 2 aromatic carbocycles. The first-order valence-electron chi connectivity index (χ1n) is 8.25. The molecule has 0 aliphatic heterocycles. The van der Waals surface area contributed by atoms with E-state index in [1.807, 2.05) is 61.7 Å². The predicted octanol–water partition coefficient (Wildman–Crippen LogP) is 4.56. The lowest BCUT2D eigenvalue weighted by molar-refractivity contribution is 0.0977. The quantitative estimate of drug-likeness (QED) is 0.632. The minimum absolute atomic E-state index is 0.217. The smallest absolute Gasteiger partial charge is 0.257 e. The third-order valence-electron chi connectivity index (χ3n) is 3.82. The van der Waals surface area contributed by atoms with E-state index >= 15 is 0 Å². The number of ether oxygens (including phenoxy) is 1. The Morgan fingerprint density at radius 3 is 2.41 bits per heavy atom. The molecule has 0 aliphatic carbocycles. The number of hydrogen-bond donors (Lipinski definition) is 2. The first-order valence-corrected chi connectivity index (χ1v) is 9.54. The summed E-state index contributed by atoms with van der Waals surface area (Å²) in [6, 6.07) is 13.3. The van der Waals surface area contributed by atoms with Crippen LogP contribution in [-0.2, 0) is 0 Å². The van der Waals surface area contributed by atoms with E-state index in [2.05, 4.69) is 15.6 Å². The highest BCUT2D eigenvalue weighted by Crippen LogP contribution is 2.26. The molecule has 0 unspecified atom stereocenters. The van der Waals surface area contributed by atoms with Crippen molar-refractivity contribution in [2.24, 2.45) is 0 Å². The molecule has 138 valence electrons. The van der Waals surface area contributed by atoms with Gasteiger partial charge in [-0.25, -0.2) is 4.98 Å². The van der Waals surface area contributed by atoms with Gasteiger partial charge < -0.3 is 10.1 Å². The number of methoxy groups -OCH3 is 1. The van der Waals surface area contributed by atoms with Gasteiger partial charge >= 0.3 is 0 Å². The zero-order chi connectivity index (χ0) is 19.4. The van der Waals surface area contributed by atoms with Gasteiger partial charge in [0.05, 0.1) is 12.8 Å². The lowest BCUT2D eigenvalue weighted by atomic mass is 10.1. The van der Waals surface area contributed by atoms with E-state index in [1.54, 1.807) is 7.11 Å². The van der Waals surface area contributed by atoms with Crippen LogP contribution in [0, 0.1) is 13.8 Å². The van der Waals surface area contributed by atoms with Crippen molar-refractivity contribution in [2.75, 3.05) is 12.4 Å². The fourth-order valence-electron chi connectivity index (χ4n) is 2.63. The Hall–Kier alpha value is -2.77. The molecule has 7 heteroatoms. The van der Waals surface area contributed by atoms with Crippen LogP contribution in [0.4, 0.5) is 5.13 Å². The number of rotatable bonds is 4. The van der Waals surface area contributed by atoms with Crippen molar-refractivity contribution in [3.63, 3.8) is 0 Å². The molecule has 0 saturated heterocycles. The number of aromatic nitrogens is 1. The number of carbonyl (C=O) groups excluding carboxylic acids is 1. The second kappa shape index (κ2) is 8.28. The van der Waals surface area contributed by atoms with Gasteiger partial charge in [0.15, 0.2) is 10.2 Å². The Morgan fingerprint density at radius 1 is 1.11 bits per heavy atom. The van der Waals surface area contributed by atoms with Crippen molar-refractivity contribution in [2.45, 2.75) is 13.8 Å². The fraction of sp³-hybridized carbons (Fsp3) is 0.150. The van der Waals surface area contributed by atoms with Gasteiger partial charge in [0.2, 0.25) is 0 Å². The molecule has 0 aliphatic rings. The Labute approximate surface area is 167 Å². The van der Waals surface area contributed by atoms with Gasteiger partial charge in [-0.05, 0) is 62.5 Å². The molecule has 0 fully saturated rings. The highest BCUT2D eigenvalue weighted by atomic mass is 32.1. The molecule has 0 radical (unpaired) electrons. The van der Waals surface area contributed by atoms with Gasteiger partial charge in [0, 0.05) is 16.5 Å². The molecule has 0 bridgehead atoms. The maximum Gasteiger partial charge on any atom is 0.257 e. The van der Waals surface area contributed by atoms with E-state index in [0.717, 1.165) is 28.1 Å². The lowest BCUT2D eigenvalue weighted by Crippen LogP contribution is -2.34. The van der Waals surface area contributed by atoms with Gasteiger partial charge in [0.25, 0.3) is 5.91 Å². The minimum Gasteiger partial charge on any atom is -0.497 e. The van der Waals surface area contributed by atoms with Crippen LogP contribution in [0.15, 0.2) is 47.8 Å².